The summed E-state index contributed by atoms with van der Waals surface area (Å²) in [5, 5.41) is 3.92. The largest absolute Gasteiger partial charge is 0.469 e. The van der Waals surface area contributed by atoms with Crippen molar-refractivity contribution in [2.75, 3.05) is 25.5 Å². The Kier molecular flexibility index (Phi) is 2.37. The third-order valence-electron chi connectivity index (χ3n) is 8.47. The summed E-state index contributed by atoms with van der Waals surface area (Å²) in [6, 6.07) is 9.25. The maximum Gasteiger partial charge on any atom is 0.311 e. The molecule has 3 fully saturated rings. The van der Waals surface area contributed by atoms with Crippen molar-refractivity contribution in [3.8, 4) is 0 Å². The van der Waals surface area contributed by atoms with Crippen LogP contribution in [0, 0.1) is 17.3 Å². The maximum atomic E-state index is 12.9. The van der Waals surface area contributed by atoms with Gasteiger partial charge in [-0.2, -0.15) is 0 Å². The number of anilines is 1. The summed E-state index contributed by atoms with van der Waals surface area (Å²) in [5.74, 6) is 0.277. The first-order valence-electron chi connectivity index (χ1n) is 9.49. The van der Waals surface area contributed by atoms with Crippen molar-refractivity contribution in [1.82, 2.24) is 4.90 Å². The lowest BCUT2D eigenvalue weighted by atomic mass is 9.57. The van der Waals surface area contributed by atoms with E-state index in [0.717, 1.165) is 25.9 Å². The second kappa shape index (κ2) is 4.12. The Bertz CT molecular complexity index is 835. The van der Waals surface area contributed by atoms with E-state index in [9.17, 15) is 4.79 Å². The van der Waals surface area contributed by atoms with Crippen molar-refractivity contribution in [2.45, 2.75) is 36.8 Å². The van der Waals surface area contributed by atoms with Crippen LogP contribution in [0.1, 0.15) is 25.3 Å². The summed E-state index contributed by atoms with van der Waals surface area (Å²) >= 11 is 0. The SMILES string of the molecule is CC1C23C=CCN4CCC5(c6ccccc6NC15C(C(=O)O[11CH3])C2)C43. The number of ether oxygens (including phenoxy) is 1. The highest BCUT2D eigenvalue weighted by Crippen LogP contribution is 2.78. The number of carbonyl (C=O) groups is 1. The van der Waals surface area contributed by atoms with Gasteiger partial charge < -0.3 is 10.1 Å². The molecule has 1 aromatic rings. The van der Waals surface area contributed by atoms with Crippen LogP contribution in [0.15, 0.2) is 36.4 Å². The van der Waals surface area contributed by atoms with Gasteiger partial charge in [-0.1, -0.05) is 37.3 Å². The zero-order valence-corrected chi connectivity index (χ0v) is 14.8. The predicted octanol–water partition coefficient (Wildman–Crippen LogP) is 2.56. The number of fused-ring (bicyclic) bond motifs is 1. The summed E-state index contributed by atoms with van der Waals surface area (Å²) in [6.07, 6.45) is 6.83. The molecule has 0 amide bonds. The van der Waals surface area contributed by atoms with Crippen molar-refractivity contribution in [1.29, 1.82) is 0 Å². The topological polar surface area (TPSA) is 41.6 Å². The maximum absolute atomic E-state index is 12.9. The molecule has 130 valence electrons. The first-order chi connectivity index (χ1) is 12.1. The number of benzene rings is 1. The second-order valence-electron chi connectivity index (χ2n) is 8.67. The van der Waals surface area contributed by atoms with Crippen molar-refractivity contribution in [3.05, 3.63) is 42.0 Å². The molecule has 2 aliphatic carbocycles. The van der Waals surface area contributed by atoms with Crippen molar-refractivity contribution < 1.29 is 9.53 Å². The standard InChI is InChI=1S/C21H24N2O2/c1-13-19-8-5-10-23-11-9-20(18(19)23)14-6-3-4-7-16(14)22-21(13,20)15(12-19)17(24)25-2/h3-8,13,15,18,22H,9-12H2,1-2H3/i2-1. The van der Waals surface area contributed by atoms with Gasteiger partial charge in [0.25, 0.3) is 0 Å². The van der Waals surface area contributed by atoms with E-state index in [1.807, 2.05) is 0 Å². The molecule has 4 heteroatoms. The molecule has 4 nitrogen and oxygen atoms in total. The lowest BCUT2D eigenvalue weighted by Gasteiger charge is -2.50. The Hall–Kier alpha value is -1.81. The Morgan fingerprint density at radius 2 is 2.20 bits per heavy atom. The summed E-state index contributed by atoms with van der Waals surface area (Å²) in [5.41, 5.74) is 2.53. The van der Waals surface area contributed by atoms with Crippen LogP contribution >= 0.6 is 0 Å². The molecule has 1 aromatic carbocycles. The minimum absolute atomic E-state index is 0.0187. The van der Waals surface area contributed by atoms with Gasteiger partial charge in [0.15, 0.2) is 0 Å². The zero-order valence-electron chi connectivity index (χ0n) is 14.8. The number of para-hydroxylation sites is 1. The average Bonchev–Trinajstić information content (AvgIpc) is 3.29. The summed E-state index contributed by atoms with van der Waals surface area (Å²) in [6.45, 7) is 4.53. The minimum atomic E-state index is -0.224. The van der Waals surface area contributed by atoms with Gasteiger partial charge in [0, 0.05) is 29.1 Å². The third-order valence-corrected chi connectivity index (χ3v) is 8.47. The predicted molar refractivity (Wildman–Crippen MR) is 95.3 cm³/mol. The molecule has 2 saturated carbocycles. The molecule has 25 heavy (non-hydrogen) atoms. The van der Waals surface area contributed by atoms with Crippen LogP contribution in [-0.4, -0.2) is 42.6 Å². The van der Waals surface area contributed by atoms with Crippen LogP contribution in [-0.2, 0) is 14.9 Å². The summed E-state index contributed by atoms with van der Waals surface area (Å²) < 4.78 is 5.30. The van der Waals surface area contributed by atoms with E-state index in [-0.39, 0.29) is 28.3 Å². The van der Waals surface area contributed by atoms with E-state index >= 15 is 0 Å². The molecule has 1 saturated heterocycles. The number of hydrogen-bond acceptors (Lipinski definition) is 4. The number of rotatable bonds is 1. The molecular weight excluding hydrogens is 311 g/mol. The summed E-state index contributed by atoms with van der Waals surface area (Å²) in [7, 11) is 1.54. The van der Waals surface area contributed by atoms with Gasteiger partial charge in [-0.15, -0.1) is 0 Å². The highest BCUT2D eigenvalue weighted by molar-refractivity contribution is 5.82. The van der Waals surface area contributed by atoms with Gasteiger partial charge in [-0.05, 0) is 36.9 Å². The van der Waals surface area contributed by atoms with E-state index in [1.165, 1.54) is 18.4 Å². The molecule has 2 bridgehead atoms. The van der Waals surface area contributed by atoms with Crippen LogP contribution in [0.5, 0.6) is 0 Å². The van der Waals surface area contributed by atoms with Crippen LogP contribution in [0.2, 0.25) is 0 Å². The molecule has 6 unspecified atom stereocenters. The molecule has 6 rings (SSSR count). The molecular formula is C21H24N2O2. The average molecular weight is 335 g/mol. The van der Waals surface area contributed by atoms with Crippen molar-refractivity contribution >= 4 is 11.7 Å². The normalized spacial score (nSPS) is 48.0. The van der Waals surface area contributed by atoms with Crippen LogP contribution < -0.4 is 5.32 Å². The molecule has 0 radical (unpaired) electrons. The number of esters is 1. The highest BCUT2D eigenvalue weighted by Gasteiger charge is 2.85. The fraction of sp³-hybridized carbons (Fsp3) is 0.571. The Morgan fingerprint density at radius 1 is 1.36 bits per heavy atom. The Morgan fingerprint density at radius 3 is 3.04 bits per heavy atom. The number of nitrogens with one attached hydrogen (secondary N) is 1. The third kappa shape index (κ3) is 1.19. The molecule has 5 aliphatic rings. The molecule has 3 spiro atoms. The Labute approximate surface area is 148 Å². The molecule has 3 aliphatic heterocycles. The van der Waals surface area contributed by atoms with E-state index in [4.69, 9.17) is 4.74 Å². The fourth-order valence-electron chi connectivity index (χ4n) is 7.93. The minimum Gasteiger partial charge on any atom is -0.469 e. The molecule has 1 N–H and O–H groups in total. The first-order valence-corrected chi connectivity index (χ1v) is 9.49. The lowest BCUT2D eigenvalue weighted by molar-refractivity contribution is -0.149. The number of hydrogen-bond donors (Lipinski definition) is 1. The number of methoxy groups -OCH3 is 1. The zero-order chi connectivity index (χ0) is 17.0. The Balaban J connectivity index is 1.69. The van der Waals surface area contributed by atoms with E-state index in [1.54, 1.807) is 0 Å². The lowest BCUT2D eigenvalue weighted by Crippen LogP contribution is -2.63. The molecule has 0 aromatic heterocycles. The number of carbonyl (C=O) groups excluding carboxylic acids is 1. The molecule has 6 atom stereocenters. The van der Waals surface area contributed by atoms with Gasteiger partial charge in [-0.3, -0.25) is 9.69 Å². The van der Waals surface area contributed by atoms with Crippen molar-refractivity contribution in [3.63, 3.8) is 0 Å². The van der Waals surface area contributed by atoms with Crippen LogP contribution in [0.3, 0.4) is 0 Å². The first kappa shape index (κ1) is 14.4. The van der Waals surface area contributed by atoms with E-state index in [0.29, 0.717) is 12.0 Å². The van der Waals surface area contributed by atoms with Gasteiger partial charge in [-0.25, -0.2) is 0 Å². The van der Waals surface area contributed by atoms with Gasteiger partial charge in [0.1, 0.15) is 0 Å². The van der Waals surface area contributed by atoms with Gasteiger partial charge in [0.05, 0.1) is 18.6 Å². The highest BCUT2D eigenvalue weighted by atomic mass is 16.5. The second-order valence-corrected chi connectivity index (χ2v) is 8.67. The fourth-order valence-corrected chi connectivity index (χ4v) is 7.93. The number of nitrogens with zero attached hydrogens (tertiary/aromatic N) is 1. The molecule has 3 heterocycles. The van der Waals surface area contributed by atoms with E-state index < -0.39 is 0 Å². The van der Waals surface area contributed by atoms with Gasteiger partial charge in [0.2, 0.25) is 0 Å². The van der Waals surface area contributed by atoms with Crippen molar-refractivity contribution in [2.24, 2.45) is 17.3 Å². The van der Waals surface area contributed by atoms with Crippen LogP contribution in [0.4, 0.5) is 5.69 Å². The summed E-state index contributed by atoms with van der Waals surface area (Å²) in [4.78, 5) is 15.6. The van der Waals surface area contributed by atoms with Crippen LogP contribution in [0.25, 0.3) is 0 Å². The quantitative estimate of drug-likeness (QED) is 0.633. The van der Waals surface area contributed by atoms with Gasteiger partial charge >= 0.3 is 5.97 Å². The monoisotopic (exact) mass is 335 g/mol. The van der Waals surface area contributed by atoms with E-state index in [2.05, 4.69) is 53.6 Å². The smallest absolute Gasteiger partial charge is 0.311 e.